The van der Waals surface area contributed by atoms with Gasteiger partial charge in [0.15, 0.2) is 0 Å². The van der Waals surface area contributed by atoms with Crippen molar-refractivity contribution in [3.8, 4) is 5.75 Å². The normalized spacial score (nSPS) is 23.6. The Hall–Kier alpha value is -2.33. The first-order valence-electron chi connectivity index (χ1n) is 8.57. The molecule has 0 spiro atoms. The summed E-state index contributed by atoms with van der Waals surface area (Å²) in [4.78, 5) is 12.5. The van der Waals surface area contributed by atoms with E-state index in [4.69, 9.17) is 4.74 Å². The van der Waals surface area contributed by atoms with Crippen LogP contribution in [0.15, 0.2) is 48.5 Å². The lowest BCUT2D eigenvalue weighted by molar-refractivity contribution is 0.0951. The molecule has 1 fully saturated rings. The first-order valence-corrected chi connectivity index (χ1v) is 8.57. The molecule has 24 heavy (non-hydrogen) atoms. The van der Waals surface area contributed by atoms with Crippen molar-refractivity contribution < 1.29 is 9.53 Å². The lowest BCUT2D eigenvalue weighted by Gasteiger charge is -2.19. The lowest BCUT2D eigenvalue weighted by atomic mass is 9.87. The number of rotatable bonds is 3. The maximum atomic E-state index is 12.5. The Labute approximate surface area is 142 Å². The van der Waals surface area contributed by atoms with Crippen LogP contribution in [0.5, 0.6) is 5.75 Å². The van der Waals surface area contributed by atoms with Crippen molar-refractivity contribution in [2.24, 2.45) is 5.92 Å². The number of ether oxygens (including phenoxy) is 1. The zero-order valence-corrected chi connectivity index (χ0v) is 13.8. The molecule has 0 bridgehead atoms. The second-order valence-electron chi connectivity index (χ2n) is 6.65. The molecule has 4 nitrogen and oxygen atoms in total. The number of carbonyl (C=O) groups is 1. The van der Waals surface area contributed by atoms with Crippen LogP contribution in [0.3, 0.4) is 0 Å². The van der Waals surface area contributed by atoms with Gasteiger partial charge in [-0.25, -0.2) is 0 Å². The predicted molar refractivity (Wildman–Crippen MR) is 93.4 cm³/mol. The Kier molecular flexibility index (Phi) is 3.98. The van der Waals surface area contributed by atoms with Crippen LogP contribution in [0.2, 0.25) is 0 Å². The van der Waals surface area contributed by atoms with Gasteiger partial charge in [0.05, 0.1) is 0 Å². The van der Waals surface area contributed by atoms with Gasteiger partial charge in [-0.1, -0.05) is 36.4 Å². The molecule has 2 heterocycles. The van der Waals surface area contributed by atoms with E-state index in [0.717, 1.165) is 42.1 Å². The van der Waals surface area contributed by atoms with E-state index in [1.54, 1.807) is 0 Å². The van der Waals surface area contributed by atoms with E-state index in [1.165, 1.54) is 0 Å². The Bertz CT molecular complexity index is 745. The van der Waals surface area contributed by atoms with Gasteiger partial charge in [0.25, 0.3) is 5.91 Å². The molecule has 1 amide bonds. The molecular formula is C20H22N2O2. The van der Waals surface area contributed by atoms with Gasteiger partial charge in [0.2, 0.25) is 0 Å². The average molecular weight is 322 g/mol. The molecule has 0 aliphatic carbocycles. The number of carbonyl (C=O) groups excluding carboxylic acids is 1. The van der Waals surface area contributed by atoms with Gasteiger partial charge in [-0.3, -0.25) is 4.79 Å². The van der Waals surface area contributed by atoms with Gasteiger partial charge in [0, 0.05) is 31.1 Å². The molecule has 3 atom stereocenters. The fraction of sp³-hybridized carbons (Fsp3) is 0.350. The van der Waals surface area contributed by atoms with Gasteiger partial charge >= 0.3 is 0 Å². The summed E-state index contributed by atoms with van der Waals surface area (Å²) in [7, 11) is 0. The minimum atomic E-state index is -0.0565. The van der Waals surface area contributed by atoms with Gasteiger partial charge in [-0.2, -0.15) is 0 Å². The van der Waals surface area contributed by atoms with Crippen LogP contribution in [-0.4, -0.2) is 25.5 Å². The van der Waals surface area contributed by atoms with Crippen molar-refractivity contribution in [2.75, 3.05) is 19.6 Å². The zero-order chi connectivity index (χ0) is 16.5. The molecule has 0 unspecified atom stereocenters. The largest absolute Gasteiger partial charge is 0.486 e. The second kappa shape index (κ2) is 6.29. The molecule has 4 heteroatoms. The van der Waals surface area contributed by atoms with Crippen molar-refractivity contribution in [1.82, 2.24) is 10.6 Å². The van der Waals surface area contributed by atoms with E-state index < -0.39 is 0 Å². The third-order valence-corrected chi connectivity index (χ3v) is 5.12. The van der Waals surface area contributed by atoms with Crippen molar-refractivity contribution >= 4 is 5.91 Å². The summed E-state index contributed by atoms with van der Waals surface area (Å²) in [5.41, 5.74) is 3.01. The Balaban J connectivity index is 1.62. The van der Waals surface area contributed by atoms with Crippen LogP contribution in [0.25, 0.3) is 0 Å². The number of hydrogen-bond donors (Lipinski definition) is 2. The average Bonchev–Trinajstić information content (AvgIpc) is 3.04. The van der Waals surface area contributed by atoms with Crippen LogP contribution in [0, 0.1) is 5.92 Å². The molecule has 0 radical (unpaired) electrons. The lowest BCUT2D eigenvalue weighted by Crippen LogP contribution is -2.28. The van der Waals surface area contributed by atoms with Gasteiger partial charge in [-0.05, 0) is 36.1 Å². The standard InChI is InChI=1S/C20H22N2O2/c1-13(14-5-3-2-4-6-14)24-16-7-8-17-18(9-16)20(23)22-11-15-10-21-12-19(15)17/h2-9,13,15,19,21H,10-12H2,1H3,(H,22,23)/t13-,15-,19+/m0/s1. The van der Waals surface area contributed by atoms with Crippen molar-refractivity contribution in [3.05, 3.63) is 65.2 Å². The first kappa shape index (κ1) is 15.2. The predicted octanol–water partition coefficient (Wildman–Crippen LogP) is 2.87. The summed E-state index contributed by atoms with van der Waals surface area (Å²) < 4.78 is 6.07. The maximum Gasteiger partial charge on any atom is 0.251 e. The van der Waals surface area contributed by atoms with E-state index in [1.807, 2.05) is 37.3 Å². The summed E-state index contributed by atoms with van der Waals surface area (Å²) in [5, 5.41) is 6.48. The first-order chi connectivity index (χ1) is 11.7. The number of benzene rings is 2. The number of amides is 1. The van der Waals surface area contributed by atoms with Gasteiger partial charge in [0.1, 0.15) is 11.9 Å². The second-order valence-corrected chi connectivity index (χ2v) is 6.65. The summed E-state index contributed by atoms with van der Waals surface area (Å²) in [6, 6.07) is 16.1. The summed E-state index contributed by atoms with van der Waals surface area (Å²) in [6.45, 7) is 4.67. The molecule has 0 aromatic heterocycles. The fourth-order valence-electron chi connectivity index (χ4n) is 3.76. The maximum absolute atomic E-state index is 12.5. The number of hydrogen-bond acceptors (Lipinski definition) is 3. The highest BCUT2D eigenvalue weighted by atomic mass is 16.5. The van der Waals surface area contributed by atoms with E-state index in [9.17, 15) is 4.79 Å². The van der Waals surface area contributed by atoms with E-state index in [0.29, 0.717) is 11.8 Å². The molecular weight excluding hydrogens is 300 g/mol. The fourth-order valence-corrected chi connectivity index (χ4v) is 3.76. The molecule has 0 saturated carbocycles. The summed E-state index contributed by atoms with van der Waals surface area (Å²) >= 11 is 0. The highest BCUT2D eigenvalue weighted by Gasteiger charge is 2.34. The SMILES string of the molecule is C[C@H](Oc1ccc2c(c1)C(=O)NC[C@@H]1CNC[C@@H]21)c1ccccc1. The molecule has 2 N–H and O–H groups in total. The van der Waals surface area contributed by atoms with Crippen LogP contribution in [0.4, 0.5) is 0 Å². The van der Waals surface area contributed by atoms with Gasteiger partial charge in [-0.15, -0.1) is 0 Å². The number of fused-ring (bicyclic) bond motifs is 3. The van der Waals surface area contributed by atoms with Gasteiger partial charge < -0.3 is 15.4 Å². The minimum absolute atomic E-state index is 0.0113. The Morgan fingerprint density at radius 1 is 1.08 bits per heavy atom. The van der Waals surface area contributed by atoms with Crippen LogP contribution in [0.1, 0.15) is 40.4 Å². The van der Waals surface area contributed by atoms with E-state index in [-0.39, 0.29) is 12.0 Å². The van der Waals surface area contributed by atoms with E-state index in [2.05, 4.69) is 28.8 Å². The van der Waals surface area contributed by atoms with Crippen molar-refractivity contribution in [3.63, 3.8) is 0 Å². The monoisotopic (exact) mass is 322 g/mol. The van der Waals surface area contributed by atoms with E-state index >= 15 is 0 Å². The highest BCUT2D eigenvalue weighted by Crippen LogP contribution is 2.35. The Morgan fingerprint density at radius 3 is 2.75 bits per heavy atom. The topological polar surface area (TPSA) is 50.4 Å². The van der Waals surface area contributed by atoms with Crippen LogP contribution in [-0.2, 0) is 0 Å². The molecule has 2 aliphatic rings. The molecule has 124 valence electrons. The molecule has 2 aromatic rings. The van der Waals surface area contributed by atoms with Crippen molar-refractivity contribution in [1.29, 1.82) is 0 Å². The van der Waals surface area contributed by atoms with Crippen molar-refractivity contribution in [2.45, 2.75) is 18.9 Å². The van der Waals surface area contributed by atoms with Crippen LogP contribution < -0.4 is 15.4 Å². The Morgan fingerprint density at radius 2 is 1.92 bits per heavy atom. The molecule has 1 saturated heterocycles. The summed E-state index contributed by atoms with van der Waals surface area (Å²) in [5.74, 6) is 1.63. The third-order valence-electron chi connectivity index (χ3n) is 5.12. The molecule has 2 aromatic carbocycles. The highest BCUT2D eigenvalue weighted by molar-refractivity contribution is 5.96. The zero-order valence-electron chi connectivity index (χ0n) is 13.8. The quantitative estimate of drug-likeness (QED) is 0.913. The molecule has 2 aliphatic heterocycles. The summed E-state index contributed by atoms with van der Waals surface area (Å²) in [6.07, 6.45) is -0.0565. The number of nitrogens with one attached hydrogen (secondary N) is 2. The third kappa shape index (κ3) is 2.78. The molecule has 4 rings (SSSR count). The minimum Gasteiger partial charge on any atom is -0.486 e. The smallest absolute Gasteiger partial charge is 0.251 e. The van der Waals surface area contributed by atoms with Crippen LogP contribution >= 0.6 is 0 Å².